The van der Waals surface area contributed by atoms with Gasteiger partial charge in [-0.25, -0.2) is 0 Å². The highest BCUT2D eigenvalue weighted by atomic mass is 35.5. The number of amides is 1. The van der Waals surface area contributed by atoms with E-state index in [4.69, 9.17) is 16.3 Å². The first-order valence-corrected chi connectivity index (χ1v) is 9.44. The molecule has 1 amide bonds. The van der Waals surface area contributed by atoms with E-state index in [2.05, 4.69) is 20.8 Å². The van der Waals surface area contributed by atoms with E-state index in [0.717, 1.165) is 17.0 Å². The predicted octanol–water partition coefficient (Wildman–Crippen LogP) is 3.12. The van der Waals surface area contributed by atoms with E-state index in [1.807, 2.05) is 43.3 Å². The van der Waals surface area contributed by atoms with Gasteiger partial charge in [0.15, 0.2) is 0 Å². The summed E-state index contributed by atoms with van der Waals surface area (Å²) >= 11 is 7.31. The van der Waals surface area contributed by atoms with Crippen molar-refractivity contribution in [1.29, 1.82) is 0 Å². The topological polar surface area (TPSA) is 81.9 Å². The fourth-order valence-electron chi connectivity index (χ4n) is 2.31. The van der Waals surface area contributed by atoms with Crippen LogP contribution in [0.4, 0.5) is 0 Å². The van der Waals surface area contributed by atoms with Crippen molar-refractivity contribution in [3.8, 4) is 11.4 Å². The molecule has 1 N–H and O–H groups in total. The minimum Gasteiger partial charge on any atom is -0.497 e. The van der Waals surface area contributed by atoms with Gasteiger partial charge in [-0.15, -0.1) is 5.10 Å². The van der Waals surface area contributed by atoms with Crippen molar-refractivity contribution < 1.29 is 9.53 Å². The SMILES string of the molecule is COc1ccc(CNC(=O)[C@@H](C)Sc2nnnn2-c2cccc(Cl)c2)cc1. The molecule has 1 heterocycles. The van der Waals surface area contributed by atoms with E-state index in [1.165, 1.54) is 11.8 Å². The first-order chi connectivity index (χ1) is 13.1. The summed E-state index contributed by atoms with van der Waals surface area (Å²) < 4.78 is 6.69. The molecular weight excluding hydrogens is 386 g/mol. The molecule has 3 rings (SSSR count). The lowest BCUT2D eigenvalue weighted by molar-refractivity contribution is -0.120. The molecule has 0 unspecified atom stereocenters. The molecule has 0 aliphatic heterocycles. The Morgan fingerprint density at radius 1 is 1.30 bits per heavy atom. The molecule has 0 radical (unpaired) electrons. The number of thioether (sulfide) groups is 1. The Hall–Kier alpha value is -2.58. The number of aromatic nitrogens is 4. The summed E-state index contributed by atoms with van der Waals surface area (Å²) in [5.74, 6) is 0.679. The summed E-state index contributed by atoms with van der Waals surface area (Å²) in [5.41, 5.74) is 1.73. The lowest BCUT2D eigenvalue weighted by atomic mass is 10.2. The number of carbonyl (C=O) groups excluding carboxylic acids is 1. The van der Waals surface area contributed by atoms with Crippen molar-refractivity contribution in [2.24, 2.45) is 0 Å². The largest absolute Gasteiger partial charge is 0.497 e. The van der Waals surface area contributed by atoms with Crippen molar-refractivity contribution in [3.63, 3.8) is 0 Å². The fraction of sp³-hybridized carbons (Fsp3) is 0.222. The number of methoxy groups -OCH3 is 1. The summed E-state index contributed by atoms with van der Waals surface area (Å²) in [6.07, 6.45) is 0. The third-order valence-electron chi connectivity index (χ3n) is 3.77. The third-order valence-corrected chi connectivity index (χ3v) is 5.04. The summed E-state index contributed by atoms with van der Waals surface area (Å²) in [6.45, 7) is 2.25. The molecule has 140 valence electrons. The van der Waals surface area contributed by atoms with E-state index < -0.39 is 0 Å². The normalized spacial score (nSPS) is 11.8. The number of nitrogens with zero attached hydrogens (tertiary/aromatic N) is 4. The summed E-state index contributed by atoms with van der Waals surface area (Å²) in [7, 11) is 1.62. The first-order valence-electron chi connectivity index (χ1n) is 8.18. The average Bonchev–Trinajstić information content (AvgIpc) is 3.14. The lowest BCUT2D eigenvalue weighted by Crippen LogP contribution is -2.30. The number of ether oxygens (including phenoxy) is 1. The molecule has 0 bridgehead atoms. The number of nitrogens with one attached hydrogen (secondary N) is 1. The first kappa shape index (κ1) is 19.2. The smallest absolute Gasteiger partial charge is 0.233 e. The zero-order valence-electron chi connectivity index (χ0n) is 14.8. The molecule has 0 spiro atoms. The molecule has 7 nitrogen and oxygen atoms in total. The minimum atomic E-state index is -0.368. The van der Waals surface area contributed by atoms with Crippen molar-refractivity contribution in [2.45, 2.75) is 23.9 Å². The van der Waals surface area contributed by atoms with Crippen LogP contribution in [-0.4, -0.2) is 38.5 Å². The zero-order valence-corrected chi connectivity index (χ0v) is 16.4. The second-order valence-corrected chi connectivity index (χ2v) is 7.42. The molecule has 0 fully saturated rings. The number of benzene rings is 2. The molecule has 0 saturated heterocycles. The number of halogens is 1. The van der Waals surface area contributed by atoms with Crippen LogP contribution in [-0.2, 0) is 11.3 Å². The van der Waals surface area contributed by atoms with Gasteiger partial charge in [0.05, 0.1) is 18.0 Å². The molecule has 9 heteroatoms. The molecule has 3 aromatic rings. The highest BCUT2D eigenvalue weighted by Crippen LogP contribution is 2.24. The fourth-order valence-corrected chi connectivity index (χ4v) is 3.33. The Morgan fingerprint density at radius 2 is 2.07 bits per heavy atom. The zero-order chi connectivity index (χ0) is 19.2. The Bertz CT molecular complexity index is 916. The van der Waals surface area contributed by atoms with Crippen LogP contribution < -0.4 is 10.1 Å². The van der Waals surface area contributed by atoms with Gasteiger partial charge in [0.1, 0.15) is 5.75 Å². The number of tetrazole rings is 1. The van der Waals surface area contributed by atoms with Crippen LogP contribution in [0.25, 0.3) is 5.69 Å². The van der Waals surface area contributed by atoms with Crippen LogP contribution in [0.1, 0.15) is 12.5 Å². The molecule has 0 saturated carbocycles. The van der Waals surface area contributed by atoms with Crippen LogP contribution in [0.15, 0.2) is 53.7 Å². The molecule has 0 aliphatic carbocycles. The van der Waals surface area contributed by atoms with Gasteiger partial charge in [-0.3, -0.25) is 4.79 Å². The van der Waals surface area contributed by atoms with Gasteiger partial charge >= 0.3 is 0 Å². The van der Waals surface area contributed by atoms with E-state index in [0.29, 0.717) is 16.7 Å². The van der Waals surface area contributed by atoms with Gasteiger partial charge < -0.3 is 10.1 Å². The Morgan fingerprint density at radius 3 is 2.78 bits per heavy atom. The quantitative estimate of drug-likeness (QED) is 0.610. The number of hydrogen-bond acceptors (Lipinski definition) is 6. The highest BCUT2D eigenvalue weighted by molar-refractivity contribution is 8.00. The number of rotatable bonds is 7. The monoisotopic (exact) mass is 403 g/mol. The molecule has 0 aliphatic rings. The highest BCUT2D eigenvalue weighted by Gasteiger charge is 2.19. The van der Waals surface area contributed by atoms with Crippen molar-refractivity contribution in [3.05, 3.63) is 59.1 Å². The van der Waals surface area contributed by atoms with Gasteiger partial charge in [0, 0.05) is 11.6 Å². The van der Waals surface area contributed by atoms with E-state index >= 15 is 0 Å². The van der Waals surface area contributed by atoms with E-state index in [-0.39, 0.29) is 11.2 Å². The maximum absolute atomic E-state index is 12.4. The molecule has 27 heavy (non-hydrogen) atoms. The predicted molar refractivity (Wildman–Crippen MR) is 104 cm³/mol. The van der Waals surface area contributed by atoms with Crippen LogP contribution in [0.3, 0.4) is 0 Å². The minimum absolute atomic E-state index is 0.100. The van der Waals surface area contributed by atoms with Crippen LogP contribution in [0.5, 0.6) is 5.75 Å². The van der Waals surface area contributed by atoms with Crippen LogP contribution in [0, 0.1) is 0 Å². The van der Waals surface area contributed by atoms with Crippen molar-refractivity contribution >= 4 is 29.3 Å². The summed E-state index contributed by atoms with van der Waals surface area (Å²) in [6, 6.07) is 14.7. The van der Waals surface area contributed by atoms with Gasteiger partial charge in [-0.1, -0.05) is 41.6 Å². The van der Waals surface area contributed by atoms with E-state index in [1.54, 1.807) is 23.9 Å². The average molecular weight is 404 g/mol. The lowest BCUT2D eigenvalue weighted by Gasteiger charge is -2.12. The van der Waals surface area contributed by atoms with Crippen molar-refractivity contribution in [1.82, 2.24) is 25.5 Å². The summed E-state index contributed by atoms with van der Waals surface area (Å²) in [4.78, 5) is 12.4. The van der Waals surface area contributed by atoms with Gasteiger partial charge in [-0.05, 0) is 53.2 Å². The van der Waals surface area contributed by atoms with Gasteiger partial charge in [0.25, 0.3) is 0 Å². The molecular formula is C18H18ClN5O2S. The molecule has 1 aromatic heterocycles. The van der Waals surface area contributed by atoms with E-state index in [9.17, 15) is 4.79 Å². The van der Waals surface area contributed by atoms with Gasteiger partial charge in [0.2, 0.25) is 11.1 Å². The molecule has 1 atom stereocenters. The summed E-state index contributed by atoms with van der Waals surface area (Å²) in [5, 5.41) is 15.4. The maximum atomic E-state index is 12.4. The third kappa shape index (κ3) is 4.99. The van der Waals surface area contributed by atoms with Crippen LogP contribution >= 0.6 is 23.4 Å². The number of hydrogen-bond donors (Lipinski definition) is 1. The Balaban J connectivity index is 1.61. The molecule has 2 aromatic carbocycles. The van der Waals surface area contributed by atoms with Crippen LogP contribution in [0.2, 0.25) is 5.02 Å². The maximum Gasteiger partial charge on any atom is 0.233 e. The second-order valence-electron chi connectivity index (χ2n) is 5.68. The van der Waals surface area contributed by atoms with Crippen molar-refractivity contribution in [2.75, 3.05) is 7.11 Å². The van der Waals surface area contributed by atoms with Gasteiger partial charge in [-0.2, -0.15) is 4.68 Å². The number of carbonyl (C=O) groups is 1. The second kappa shape index (κ2) is 8.88. The Labute approximate surface area is 166 Å². The standard InChI is InChI=1S/C18H18ClN5O2S/c1-12(17(25)20-11-13-6-8-16(26-2)9-7-13)27-18-21-22-23-24(18)15-5-3-4-14(19)10-15/h3-10,12H,11H2,1-2H3,(H,20,25)/t12-/m1/s1. The Kier molecular flexibility index (Phi) is 6.31.